The van der Waals surface area contributed by atoms with Gasteiger partial charge in [0.05, 0.1) is 23.2 Å². The van der Waals surface area contributed by atoms with E-state index in [9.17, 15) is 19.2 Å². The lowest BCUT2D eigenvalue weighted by Crippen LogP contribution is -2.53. The van der Waals surface area contributed by atoms with Crippen molar-refractivity contribution < 1.29 is 38.1 Å². The zero-order valence-corrected chi connectivity index (χ0v) is 31.9. The van der Waals surface area contributed by atoms with Crippen LogP contribution in [0.4, 0.5) is 4.79 Å². The molecule has 280 valence electrons. The van der Waals surface area contributed by atoms with Crippen molar-refractivity contribution in [3.8, 4) is 11.5 Å². The SMILES string of the molecule is COc1ccc(OCC2CCN([C@H](CCC(=O)OC(C)(C)C)C(=O)NCc3ccc(Cl)c(Cl)c3)C(=O)[C@@H]3C[C@@H](NC(=O)OC(C)(C)C)CN23)cc1. The lowest BCUT2D eigenvalue weighted by atomic mass is 10.0. The number of fused-ring (bicyclic) bond motifs is 1. The molecule has 3 amide bonds. The summed E-state index contributed by atoms with van der Waals surface area (Å²) >= 11 is 12.3. The van der Waals surface area contributed by atoms with E-state index < -0.39 is 41.3 Å². The van der Waals surface area contributed by atoms with E-state index in [0.29, 0.717) is 40.9 Å². The Labute approximate surface area is 310 Å². The van der Waals surface area contributed by atoms with Crippen LogP contribution in [0.1, 0.15) is 72.8 Å². The molecule has 51 heavy (non-hydrogen) atoms. The first-order valence-electron chi connectivity index (χ1n) is 17.2. The Morgan fingerprint density at radius 2 is 1.61 bits per heavy atom. The number of hydrogen-bond donors (Lipinski definition) is 2. The highest BCUT2D eigenvalue weighted by atomic mass is 35.5. The summed E-state index contributed by atoms with van der Waals surface area (Å²) in [6, 6.07) is 10.0. The number of amides is 3. The number of benzene rings is 2. The van der Waals surface area contributed by atoms with Crippen LogP contribution in [0.25, 0.3) is 0 Å². The zero-order chi connectivity index (χ0) is 37.5. The number of carbonyl (C=O) groups excluding carboxylic acids is 4. The van der Waals surface area contributed by atoms with Gasteiger partial charge in [-0.2, -0.15) is 0 Å². The number of nitrogens with one attached hydrogen (secondary N) is 2. The molecule has 4 atom stereocenters. The number of hydrogen-bond acceptors (Lipinski definition) is 9. The molecule has 0 radical (unpaired) electrons. The summed E-state index contributed by atoms with van der Waals surface area (Å²) in [6.45, 7) is 11.7. The third kappa shape index (κ3) is 11.9. The van der Waals surface area contributed by atoms with E-state index in [-0.39, 0.29) is 50.5 Å². The highest BCUT2D eigenvalue weighted by Gasteiger charge is 2.47. The van der Waals surface area contributed by atoms with Crippen LogP contribution in [-0.4, -0.2) is 95.9 Å². The maximum atomic E-state index is 14.5. The van der Waals surface area contributed by atoms with Gasteiger partial charge in [0.25, 0.3) is 0 Å². The summed E-state index contributed by atoms with van der Waals surface area (Å²) in [5.41, 5.74) is -0.682. The number of esters is 1. The molecule has 0 aliphatic carbocycles. The minimum Gasteiger partial charge on any atom is -0.497 e. The Balaban J connectivity index is 1.59. The molecular weight excluding hydrogens is 699 g/mol. The molecule has 0 spiro atoms. The fraction of sp³-hybridized carbons (Fsp3) is 0.568. The average Bonchev–Trinajstić information content (AvgIpc) is 3.40. The van der Waals surface area contributed by atoms with Crippen molar-refractivity contribution in [2.45, 2.75) is 109 Å². The first kappa shape index (κ1) is 40.0. The number of nitrogens with zero attached hydrogens (tertiary/aromatic N) is 2. The van der Waals surface area contributed by atoms with Gasteiger partial charge >= 0.3 is 12.1 Å². The Morgan fingerprint density at radius 1 is 0.941 bits per heavy atom. The Hall–Kier alpha value is -3.74. The molecule has 4 rings (SSSR count). The van der Waals surface area contributed by atoms with Crippen LogP contribution in [0.5, 0.6) is 11.5 Å². The normalized spacial score (nSPS) is 20.1. The van der Waals surface area contributed by atoms with Gasteiger partial charge in [0.1, 0.15) is 35.3 Å². The second-order valence-corrected chi connectivity index (χ2v) is 15.7. The summed E-state index contributed by atoms with van der Waals surface area (Å²) in [5.74, 6) is 0.179. The Bertz CT molecular complexity index is 1540. The highest BCUT2D eigenvalue weighted by molar-refractivity contribution is 6.42. The maximum absolute atomic E-state index is 14.5. The second kappa shape index (κ2) is 17.2. The molecule has 2 heterocycles. The van der Waals surface area contributed by atoms with Crippen molar-refractivity contribution in [2.24, 2.45) is 0 Å². The number of rotatable bonds is 12. The lowest BCUT2D eigenvalue weighted by Gasteiger charge is -2.32. The molecule has 0 aromatic heterocycles. The fourth-order valence-corrected chi connectivity index (χ4v) is 6.55. The van der Waals surface area contributed by atoms with Crippen molar-refractivity contribution in [2.75, 3.05) is 26.8 Å². The highest BCUT2D eigenvalue weighted by Crippen LogP contribution is 2.31. The number of carbonyl (C=O) groups is 4. The van der Waals surface area contributed by atoms with Gasteiger partial charge in [0.15, 0.2) is 0 Å². The van der Waals surface area contributed by atoms with Gasteiger partial charge in [-0.1, -0.05) is 29.3 Å². The minimum atomic E-state index is -0.978. The summed E-state index contributed by atoms with van der Waals surface area (Å²) < 4.78 is 22.5. The lowest BCUT2D eigenvalue weighted by molar-refractivity contribution is -0.156. The summed E-state index contributed by atoms with van der Waals surface area (Å²) in [6.07, 6.45) is 0.176. The van der Waals surface area contributed by atoms with Crippen LogP contribution in [0, 0.1) is 0 Å². The molecule has 0 bridgehead atoms. The molecule has 12 nitrogen and oxygen atoms in total. The Kier molecular flexibility index (Phi) is 13.5. The van der Waals surface area contributed by atoms with Gasteiger partial charge in [-0.3, -0.25) is 19.3 Å². The molecule has 2 aliphatic rings. The van der Waals surface area contributed by atoms with Crippen LogP contribution in [-0.2, 0) is 30.4 Å². The standard InChI is InChI=1S/C37H50Cl2N4O8/c1-36(2,3)50-32(44)15-14-30(33(45)40-20-23-8-13-28(38)29(39)18-23)42-17-16-25(22-49-27-11-9-26(48-7)10-12-27)43-21-24(19-31(43)34(42)46)41-35(47)51-37(4,5)6/h8-13,18,24-25,30-31H,14-17,19-22H2,1-7H3,(H,40,45)(H,41,47)/t24-,25?,30-,31+/m1/s1. The van der Waals surface area contributed by atoms with E-state index in [2.05, 4.69) is 10.6 Å². The molecule has 2 saturated heterocycles. The number of ether oxygens (including phenoxy) is 4. The van der Waals surface area contributed by atoms with E-state index in [1.54, 1.807) is 83.9 Å². The van der Waals surface area contributed by atoms with E-state index in [1.165, 1.54) is 0 Å². The van der Waals surface area contributed by atoms with Crippen molar-refractivity contribution in [3.63, 3.8) is 0 Å². The van der Waals surface area contributed by atoms with Gasteiger partial charge in [-0.15, -0.1) is 0 Å². The van der Waals surface area contributed by atoms with Gasteiger partial charge in [-0.25, -0.2) is 4.79 Å². The maximum Gasteiger partial charge on any atom is 0.407 e. The van der Waals surface area contributed by atoms with Gasteiger partial charge < -0.3 is 34.5 Å². The Morgan fingerprint density at radius 3 is 2.24 bits per heavy atom. The molecule has 14 heteroatoms. The molecule has 2 fully saturated rings. The van der Waals surface area contributed by atoms with E-state index in [0.717, 1.165) is 5.56 Å². The number of alkyl carbamates (subject to hydrolysis) is 1. The van der Waals surface area contributed by atoms with E-state index in [1.807, 2.05) is 17.0 Å². The van der Waals surface area contributed by atoms with Crippen LogP contribution in [0.3, 0.4) is 0 Å². The number of methoxy groups -OCH3 is 1. The minimum absolute atomic E-state index is 0.0488. The molecule has 1 unspecified atom stereocenters. The van der Waals surface area contributed by atoms with Crippen LogP contribution < -0.4 is 20.1 Å². The van der Waals surface area contributed by atoms with Crippen molar-refractivity contribution >= 4 is 47.1 Å². The van der Waals surface area contributed by atoms with Crippen molar-refractivity contribution in [1.82, 2.24) is 20.4 Å². The molecular formula is C37H50Cl2N4O8. The third-order valence-electron chi connectivity index (χ3n) is 8.47. The topological polar surface area (TPSA) is 136 Å². The quantitative estimate of drug-likeness (QED) is 0.260. The summed E-state index contributed by atoms with van der Waals surface area (Å²) in [7, 11) is 1.59. The first-order valence-corrected chi connectivity index (χ1v) is 17.9. The summed E-state index contributed by atoms with van der Waals surface area (Å²) in [4.78, 5) is 57.7. The van der Waals surface area contributed by atoms with Gasteiger partial charge in [-0.05, 0) is 103 Å². The predicted molar refractivity (Wildman–Crippen MR) is 194 cm³/mol. The first-order chi connectivity index (χ1) is 23.9. The van der Waals surface area contributed by atoms with Crippen molar-refractivity contribution in [1.29, 1.82) is 0 Å². The zero-order valence-electron chi connectivity index (χ0n) is 30.4. The second-order valence-electron chi connectivity index (χ2n) is 14.9. The number of halogens is 2. The third-order valence-corrected chi connectivity index (χ3v) is 9.21. The largest absolute Gasteiger partial charge is 0.497 e. The monoisotopic (exact) mass is 748 g/mol. The van der Waals surface area contributed by atoms with Crippen LogP contribution in [0.15, 0.2) is 42.5 Å². The molecule has 2 N–H and O–H groups in total. The average molecular weight is 750 g/mol. The molecule has 2 aromatic carbocycles. The molecule has 2 aliphatic heterocycles. The van der Waals surface area contributed by atoms with Crippen molar-refractivity contribution in [3.05, 3.63) is 58.1 Å². The molecule has 0 saturated carbocycles. The van der Waals surface area contributed by atoms with E-state index >= 15 is 0 Å². The van der Waals surface area contributed by atoms with E-state index in [4.69, 9.17) is 42.1 Å². The van der Waals surface area contributed by atoms with Gasteiger partial charge in [0.2, 0.25) is 11.8 Å². The van der Waals surface area contributed by atoms with Crippen LogP contribution in [0.2, 0.25) is 10.0 Å². The van der Waals surface area contributed by atoms with Gasteiger partial charge in [0, 0.05) is 38.1 Å². The fourth-order valence-electron chi connectivity index (χ4n) is 6.23. The van der Waals surface area contributed by atoms with Crippen LogP contribution >= 0.6 is 23.2 Å². The predicted octanol–water partition coefficient (Wildman–Crippen LogP) is 5.76. The summed E-state index contributed by atoms with van der Waals surface area (Å²) in [5, 5.41) is 6.60. The molecule has 2 aromatic rings. The smallest absolute Gasteiger partial charge is 0.407 e.